The molecule has 1 unspecified atom stereocenters. The smallest absolute Gasteiger partial charge is 0.160 e. The maximum atomic E-state index is 5.92. The molecule has 0 saturated carbocycles. The predicted molar refractivity (Wildman–Crippen MR) is 85.3 cm³/mol. The summed E-state index contributed by atoms with van der Waals surface area (Å²) in [5.74, 6) is 2.17. The number of fused-ring (bicyclic) bond motifs is 1. The Balaban J connectivity index is 2.47. The Bertz CT molecular complexity index is 596. The zero-order valence-corrected chi connectivity index (χ0v) is 13.8. The topological polar surface area (TPSA) is 30.7 Å². The van der Waals surface area contributed by atoms with Crippen molar-refractivity contribution in [2.24, 2.45) is 11.3 Å². The van der Waals surface area contributed by atoms with Crippen LogP contribution >= 0.6 is 11.6 Å². The van der Waals surface area contributed by atoms with E-state index in [0.717, 1.165) is 35.6 Å². The summed E-state index contributed by atoms with van der Waals surface area (Å²) in [5.41, 5.74) is 3.25. The van der Waals surface area contributed by atoms with Gasteiger partial charge in [-0.15, -0.1) is 11.6 Å². The first kappa shape index (κ1) is 15.3. The predicted octanol–water partition coefficient (Wildman–Crippen LogP) is 4.20. The van der Waals surface area contributed by atoms with E-state index in [4.69, 9.17) is 16.6 Å². The fourth-order valence-electron chi connectivity index (χ4n) is 2.16. The van der Waals surface area contributed by atoms with Crippen molar-refractivity contribution in [3.63, 3.8) is 0 Å². The molecule has 0 fully saturated rings. The molecule has 0 saturated heterocycles. The van der Waals surface area contributed by atoms with Gasteiger partial charge in [-0.2, -0.15) is 0 Å². The monoisotopic (exact) mass is 293 g/mol. The SMILES string of the molecule is Cc1ccc2nc(CCCl)n(CC(C)C(C)(C)C)c2n1. The Kier molecular flexibility index (Phi) is 4.38. The van der Waals surface area contributed by atoms with E-state index in [1.807, 2.05) is 19.1 Å². The molecule has 0 aliphatic heterocycles. The second-order valence-electron chi connectivity index (χ2n) is 6.64. The number of nitrogens with zero attached hydrogens (tertiary/aromatic N) is 3. The lowest BCUT2D eigenvalue weighted by molar-refractivity contribution is 0.233. The van der Waals surface area contributed by atoms with Crippen LogP contribution in [0.4, 0.5) is 0 Å². The number of rotatable bonds is 4. The molecule has 2 rings (SSSR count). The number of imidazole rings is 1. The van der Waals surface area contributed by atoms with Crippen LogP contribution in [-0.4, -0.2) is 20.4 Å². The quantitative estimate of drug-likeness (QED) is 0.791. The number of halogens is 1. The largest absolute Gasteiger partial charge is 0.312 e. The van der Waals surface area contributed by atoms with Crippen LogP contribution in [0.25, 0.3) is 11.2 Å². The second kappa shape index (κ2) is 5.72. The standard InChI is InChI=1S/C16H24ClN3/c1-11(16(3,4)5)10-20-14(8-9-17)19-13-7-6-12(2)18-15(13)20/h6-7,11H,8-10H2,1-5H3. The van der Waals surface area contributed by atoms with Crippen LogP contribution < -0.4 is 0 Å². The third-order valence-electron chi connectivity index (χ3n) is 4.06. The Morgan fingerprint density at radius 1 is 1.25 bits per heavy atom. The molecular formula is C16H24ClN3. The zero-order chi connectivity index (χ0) is 14.9. The van der Waals surface area contributed by atoms with E-state index in [1.54, 1.807) is 0 Å². The Labute approximate surface area is 126 Å². The number of pyridine rings is 1. The molecule has 0 spiro atoms. The van der Waals surface area contributed by atoms with E-state index in [9.17, 15) is 0 Å². The van der Waals surface area contributed by atoms with E-state index in [1.165, 1.54) is 0 Å². The van der Waals surface area contributed by atoms with Crippen molar-refractivity contribution in [2.75, 3.05) is 5.88 Å². The van der Waals surface area contributed by atoms with Gasteiger partial charge in [0.15, 0.2) is 5.65 Å². The second-order valence-corrected chi connectivity index (χ2v) is 7.02. The van der Waals surface area contributed by atoms with Gasteiger partial charge in [0, 0.05) is 24.5 Å². The normalized spacial score (nSPS) is 13.9. The van der Waals surface area contributed by atoms with Crippen molar-refractivity contribution < 1.29 is 0 Å². The van der Waals surface area contributed by atoms with Crippen molar-refractivity contribution in [3.8, 4) is 0 Å². The van der Waals surface area contributed by atoms with Gasteiger partial charge < -0.3 is 4.57 Å². The minimum absolute atomic E-state index is 0.263. The highest BCUT2D eigenvalue weighted by Gasteiger charge is 2.23. The third kappa shape index (κ3) is 3.14. The molecule has 0 amide bonds. The van der Waals surface area contributed by atoms with Crippen LogP contribution in [-0.2, 0) is 13.0 Å². The molecule has 2 aromatic heterocycles. The fraction of sp³-hybridized carbons (Fsp3) is 0.625. The first-order valence-corrected chi connectivity index (χ1v) is 7.75. The molecule has 110 valence electrons. The molecule has 3 nitrogen and oxygen atoms in total. The number of aryl methyl sites for hydroxylation is 2. The fourth-order valence-corrected chi connectivity index (χ4v) is 2.33. The van der Waals surface area contributed by atoms with E-state index >= 15 is 0 Å². The molecular weight excluding hydrogens is 270 g/mol. The first-order chi connectivity index (χ1) is 9.32. The van der Waals surface area contributed by atoms with Crippen LogP contribution in [0.1, 0.15) is 39.2 Å². The summed E-state index contributed by atoms with van der Waals surface area (Å²) in [4.78, 5) is 9.37. The van der Waals surface area contributed by atoms with Crippen molar-refractivity contribution in [2.45, 2.75) is 47.6 Å². The Hall–Kier alpha value is -1.09. The summed E-state index contributed by atoms with van der Waals surface area (Å²) in [6.07, 6.45) is 0.786. The Morgan fingerprint density at radius 2 is 1.95 bits per heavy atom. The van der Waals surface area contributed by atoms with Gasteiger partial charge in [-0.05, 0) is 30.4 Å². The van der Waals surface area contributed by atoms with E-state index in [0.29, 0.717) is 11.8 Å². The maximum Gasteiger partial charge on any atom is 0.160 e. The minimum atomic E-state index is 0.263. The summed E-state index contributed by atoms with van der Waals surface area (Å²) in [6.45, 7) is 12.1. The van der Waals surface area contributed by atoms with E-state index in [2.05, 4.69) is 37.2 Å². The maximum absolute atomic E-state index is 5.92. The van der Waals surface area contributed by atoms with Gasteiger partial charge >= 0.3 is 0 Å². The van der Waals surface area contributed by atoms with Gasteiger partial charge in [-0.25, -0.2) is 9.97 Å². The van der Waals surface area contributed by atoms with Gasteiger partial charge in [0.1, 0.15) is 11.3 Å². The molecule has 0 aromatic carbocycles. The van der Waals surface area contributed by atoms with Crippen molar-refractivity contribution in [1.82, 2.24) is 14.5 Å². The molecule has 0 N–H and O–H groups in total. The van der Waals surface area contributed by atoms with Crippen LogP contribution in [0.5, 0.6) is 0 Å². The highest BCUT2D eigenvalue weighted by Crippen LogP contribution is 2.28. The molecule has 0 aliphatic rings. The van der Waals surface area contributed by atoms with Crippen molar-refractivity contribution in [1.29, 1.82) is 0 Å². The average molecular weight is 294 g/mol. The van der Waals surface area contributed by atoms with Crippen LogP contribution in [0.15, 0.2) is 12.1 Å². The lowest BCUT2D eigenvalue weighted by Gasteiger charge is -2.28. The van der Waals surface area contributed by atoms with E-state index in [-0.39, 0.29) is 5.41 Å². The van der Waals surface area contributed by atoms with Crippen LogP contribution in [0.3, 0.4) is 0 Å². The zero-order valence-electron chi connectivity index (χ0n) is 13.1. The lowest BCUT2D eigenvalue weighted by Crippen LogP contribution is -2.23. The molecule has 1 atom stereocenters. The molecule has 20 heavy (non-hydrogen) atoms. The van der Waals surface area contributed by atoms with Crippen molar-refractivity contribution in [3.05, 3.63) is 23.7 Å². The van der Waals surface area contributed by atoms with Gasteiger partial charge in [0.25, 0.3) is 0 Å². The molecule has 0 bridgehead atoms. The summed E-state index contributed by atoms with van der Waals surface area (Å²) in [6, 6.07) is 4.06. The number of aromatic nitrogens is 3. The minimum Gasteiger partial charge on any atom is -0.312 e. The molecule has 4 heteroatoms. The van der Waals surface area contributed by atoms with Gasteiger partial charge in [-0.1, -0.05) is 27.7 Å². The first-order valence-electron chi connectivity index (χ1n) is 7.21. The number of hydrogen-bond donors (Lipinski definition) is 0. The number of hydrogen-bond acceptors (Lipinski definition) is 2. The highest BCUT2D eigenvalue weighted by atomic mass is 35.5. The van der Waals surface area contributed by atoms with Crippen molar-refractivity contribution >= 4 is 22.8 Å². The summed E-state index contributed by atoms with van der Waals surface area (Å²) >= 11 is 5.92. The van der Waals surface area contributed by atoms with Gasteiger partial charge in [0.2, 0.25) is 0 Å². The van der Waals surface area contributed by atoms with E-state index < -0.39 is 0 Å². The summed E-state index contributed by atoms with van der Waals surface area (Å²) in [5, 5.41) is 0. The molecule has 2 heterocycles. The lowest BCUT2D eigenvalue weighted by atomic mass is 9.82. The molecule has 0 aliphatic carbocycles. The average Bonchev–Trinajstić information content (AvgIpc) is 2.67. The van der Waals surface area contributed by atoms with Crippen LogP contribution in [0.2, 0.25) is 0 Å². The molecule has 2 aromatic rings. The molecule has 0 radical (unpaired) electrons. The van der Waals surface area contributed by atoms with Crippen LogP contribution in [0, 0.1) is 18.3 Å². The van der Waals surface area contributed by atoms with Gasteiger partial charge in [0.05, 0.1) is 0 Å². The summed E-state index contributed by atoms with van der Waals surface area (Å²) < 4.78 is 2.25. The number of alkyl halides is 1. The third-order valence-corrected chi connectivity index (χ3v) is 4.25. The summed E-state index contributed by atoms with van der Waals surface area (Å²) in [7, 11) is 0. The Morgan fingerprint density at radius 3 is 2.55 bits per heavy atom. The van der Waals surface area contributed by atoms with Gasteiger partial charge in [-0.3, -0.25) is 0 Å². The highest BCUT2D eigenvalue weighted by molar-refractivity contribution is 6.17.